The lowest BCUT2D eigenvalue weighted by atomic mass is 9.98. The van der Waals surface area contributed by atoms with E-state index in [2.05, 4.69) is 5.32 Å². The zero-order valence-corrected chi connectivity index (χ0v) is 6.01. The highest BCUT2D eigenvalue weighted by Crippen LogP contribution is 2.12. The maximum Gasteiger partial charge on any atom is 0.107 e. The van der Waals surface area contributed by atoms with E-state index in [4.69, 9.17) is 15.3 Å². The van der Waals surface area contributed by atoms with E-state index in [1.807, 2.05) is 0 Å². The van der Waals surface area contributed by atoms with Gasteiger partial charge >= 0.3 is 0 Å². The van der Waals surface area contributed by atoms with Crippen molar-refractivity contribution in [1.82, 2.24) is 5.32 Å². The molecule has 66 valence electrons. The zero-order valence-electron chi connectivity index (χ0n) is 6.01. The van der Waals surface area contributed by atoms with Gasteiger partial charge in [-0.2, -0.15) is 0 Å². The van der Waals surface area contributed by atoms with Crippen molar-refractivity contribution in [2.24, 2.45) is 0 Å². The smallest absolute Gasteiger partial charge is 0.107 e. The van der Waals surface area contributed by atoms with Gasteiger partial charge in [0.25, 0.3) is 0 Å². The molecule has 0 saturated carbocycles. The van der Waals surface area contributed by atoms with Crippen molar-refractivity contribution in [3.63, 3.8) is 0 Å². The Morgan fingerprint density at radius 2 is 1.91 bits per heavy atom. The van der Waals surface area contributed by atoms with Crippen LogP contribution in [0.4, 0.5) is 0 Å². The van der Waals surface area contributed by atoms with Gasteiger partial charge in [-0.15, -0.1) is 0 Å². The summed E-state index contributed by atoms with van der Waals surface area (Å²) in [6, 6.07) is -0.631. The minimum Gasteiger partial charge on any atom is -0.395 e. The van der Waals surface area contributed by atoms with Crippen LogP contribution in [0.3, 0.4) is 0 Å². The van der Waals surface area contributed by atoms with Crippen LogP contribution in [-0.2, 0) is 0 Å². The molecule has 1 aliphatic heterocycles. The Hall–Kier alpha value is -0.200. The summed E-state index contributed by atoms with van der Waals surface area (Å²) in [4.78, 5) is 0. The Bertz CT molecular complexity index is 132. The molecule has 1 heterocycles. The number of rotatable bonds is 1. The lowest BCUT2D eigenvalue weighted by molar-refractivity contribution is -0.0875. The average Bonchev–Trinajstić information content (AvgIpc) is 1.96. The third kappa shape index (κ3) is 1.88. The molecule has 5 heteroatoms. The fourth-order valence-electron chi connectivity index (χ4n) is 1.21. The molecule has 0 bridgehead atoms. The Morgan fingerprint density at radius 1 is 1.27 bits per heavy atom. The highest BCUT2D eigenvalue weighted by Gasteiger charge is 2.33. The van der Waals surface area contributed by atoms with Crippen LogP contribution in [0.1, 0.15) is 6.42 Å². The quantitative estimate of drug-likeness (QED) is 0.292. The SMILES string of the molecule is OCC1NC(O)C[C@@H](O)[C@@H]1O. The number of piperidine rings is 1. The first kappa shape index (κ1) is 8.89. The maximum absolute atomic E-state index is 9.17. The van der Waals surface area contributed by atoms with Crippen LogP contribution in [0.25, 0.3) is 0 Å². The molecule has 0 aromatic rings. The molecule has 1 saturated heterocycles. The van der Waals surface area contributed by atoms with Gasteiger partial charge in [-0.1, -0.05) is 0 Å². The van der Waals surface area contributed by atoms with E-state index >= 15 is 0 Å². The first-order valence-electron chi connectivity index (χ1n) is 3.56. The Balaban J connectivity index is 2.51. The average molecular weight is 163 g/mol. The topological polar surface area (TPSA) is 93.0 Å². The number of nitrogens with one attached hydrogen (secondary N) is 1. The van der Waals surface area contributed by atoms with Crippen molar-refractivity contribution in [2.45, 2.75) is 30.9 Å². The van der Waals surface area contributed by atoms with Crippen LogP contribution in [0.2, 0.25) is 0 Å². The molecule has 0 spiro atoms. The number of hydrogen-bond donors (Lipinski definition) is 5. The van der Waals surface area contributed by atoms with E-state index in [0.717, 1.165) is 0 Å². The summed E-state index contributed by atoms with van der Waals surface area (Å²) in [6.07, 6.45) is -2.70. The normalized spacial score (nSPS) is 45.8. The Kier molecular flexibility index (Phi) is 2.80. The molecule has 0 aliphatic carbocycles. The van der Waals surface area contributed by atoms with E-state index in [0.29, 0.717) is 0 Å². The van der Waals surface area contributed by atoms with E-state index in [1.54, 1.807) is 0 Å². The van der Waals surface area contributed by atoms with Crippen LogP contribution in [0.15, 0.2) is 0 Å². The zero-order chi connectivity index (χ0) is 8.43. The first-order chi connectivity index (χ1) is 5.15. The molecule has 1 rings (SSSR count). The van der Waals surface area contributed by atoms with Gasteiger partial charge in [-0.25, -0.2) is 0 Å². The molecular formula is C6H13NO4. The van der Waals surface area contributed by atoms with Gasteiger partial charge in [0.2, 0.25) is 0 Å². The fraction of sp³-hybridized carbons (Fsp3) is 1.00. The lowest BCUT2D eigenvalue weighted by Crippen LogP contribution is -2.58. The number of aliphatic hydroxyl groups excluding tert-OH is 4. The van der Waals surface area contributed by atoms with E-state index in [1.165, 1.54) is 0 Å². The molecule has 2 unspecified atom stereocenters. The third-order valence-electron chi connectivity index (χ3n) is 1.87. The maximum atomic E-state index is 9.17. The Labute approximate surface area is 64.3 Å². The summed E-state index contributed by atoms with van der Waals surface area (Å²) < 4.78 is 0. The molecule has 5 N–H and O–H groups in total. The molecule has 0 radical (unpaired) electrons. The second-order valence-corrected chi connectivity index (χ2v) is 2.77. The first-order valence-corrected chi connectivity index (χ1v) is 3.56. The lowest BCUT2D eigenvalue weighted by Gasteiger charge is -2.34. The summed E-state index contributed by atoms with van der Waals surface area (Å²) >= 11 is 0. The number of aliphatic hydroxyl groups is 4. The molecule has 0 aromatic carbocycles. The molecule has 11 heavy (non-hydrogen) atoms. The summed E-state index contributed by atoms with van der Waals surface area (Å²) in [5, 5.41) is 38.5. The summed E-state index contributed by atoms with van der Waals surface area (Å²) in [7, 11) is 0. The van der Waals surface area contributed by atoms with Crippen molar-refractivity contribution >= 4 is 0 Å². The second-order valence-electron chi connectivity index (χ2n) is 2.77. The van der Waals surface area contributed by atoms with E-state index in [-0.39, 0.29) is 13.0 Å². The van der Waals surface area contributed by atoms with Gasteiger partial charge in [-0.3, -0.25) is 5.32 Å². The van der Waals surface area contributed by atoms with Gasteiger partial charge in [0.1, 0.15) is 6.23 Å². The van der Waals surface area contributed by atoms with E-state index in [9.17, 15) is 5.11 Å². The predicted molar refractivity (Wildman–Crippen MR) is 36.6 cm³/mol. The fourth-order valence-corrected chi connectivity index (χ4v) is 1.21. The molecule has 1 fully saturated rings. The standard InChI is InChI=1S/C6H13NO4/c8-2-3-6(11)4(9)1-5(10)7-3/h3-11H,1-2H2/t3?,4-,5?,6-/m1/s1. The van der Waals surface area contributed by atoms with Gasteiger partial charge in [0, 0.05) is 6.42 Å². The highest BCUT2D eigenvalue weighted by atomic mass is 16.3. The summed E-state index contributed by atoms with van der Waals surface area (Å²) in [5.74, 6) is 0. The van der Waals surface area contributed by atoms with Crippen LogP contribution in [-0.4, -0.2) is 51.5 Å². The highest BCUT2D eigenvalue weighted by molar-refractivity contribution is 4.87. The molecule has 5 nitrogen and oxygen atoms in total. The largest absolute Gasteiger partial charge is 0.395 e. The minimum absolute atomic E-state index is 0.0949. The molecular weight excluding hydrogens is 150 g/mol. The summed E-state index contributed by atoms with van der Waals surface area (Å²) in [6.45, 7) is -0.296. The molecule has 1 aliphatic rings. The van der Waals surface area contributed by atoms with Crippen LogP contribution < -0.4 is 5.32 Å². The van der Waals surface area contributed by atoms with Crippen LogP contribution in [0.5, 0.6) is 0 Å². The van der Waals surface area contributed by atoms with Gasteiger partial charge < -0.3 is 20.4 Å². The third-order valence-corrected chi connectivity index (χ3v) is 1.87. The Morgan fingerprint density at radius 3 is 2.45 bits per heavy atom. The van der Waals surface area contributed by atoms with Crippen molar-refractivity contribution in [3.05, 3.63) is 0 Å². The molecule has 4 atom stereocenters. The second kappa shape index (κ2) is 3.46. The molecule has 0 amide bonds. The van der Waals surface area contributed by atoms with Crippen LogP contribution in [0, 0.1) is 0 Å². The van der Waals surface area contributed by atoms with Crippen molar-refractivity contribution in [1.29, 1.82) is 0 Å². The predicted octanol–water partition coefficient (Wildman–Crippen LogP) is -2.62. The van der Waals surface area contributed by atoms with Gasteiger partial charge in [-0.05, 0) is 0 Å². The van der Waals surface area contributed by atoms with Crippen LogP contribution >= 0.6 is 0 Å². The number of hydrogen-bond acceptors (Lipinski definition) is 5. The van der Waals surface area contributed by atoms with Gasteiger partial charge in [0.15, 0.2) is 0 Å². The van der Waals surface area contributed by atoms with Crippen molar-refractivity contribution in [2.75, 3.05) is 6.61 Å². The van der Waals surface area contributed by atoms with Crippen molar-refractivity contribution in [3.8, 4) is 0 Å². The monoisotopic (exact) mass is 163 g/mol. The molecule has 0 aromatic heterocycles. The van der Waals surface area contributed by atoms with Crippen molar-refractivity contribution < 1.29 is 20.4 Å². The van der Waals surface area contributed by atoms with E-state index < -0.39 is 24.5 Å². The summed E-state index contributed by atoms with van der Waals surface area (Å²) in [5.41, 5.74) is 0. The van der Waals surface area contributed by atoms with Gasteiger partial charge in [0.05, 0.1) is 24.9 Å². The minimum atomic E-state index is -0.997.